The summed E-state index contributed by atoms with van der Waals surface area (Å²) in [6, 6.07) is 1.85. The van der Waals surface area contributed by atoms with Crippen molar-refractivity contribution < 1.29 is 19.4 Å². The molecule has 108 valence electrons. The highest BCUT2D eigenvalue weighted by Crippen LogP contribution is 2.51. The van der Waals surface area contributed by atoms with Crippen LogP contribution in [0.3, 0.4) is 0 Å². The van der Waals surface area contributed by atoms with Gasteiger partial charge in [-0.25, -0.2) is 0 Å². The lowest BCUT2D eigenvalue weighted by molar-refractivity contribution is -0.143. The number of rotatable bonds is 2. The zero-order valence-corrected chi connectivity index (χ0v) is 12.1. The third-order valence-electron chi connectivity index (χ3n) is 4.32. The maximum atomic E-state index is 11.9. The standard InChI is InChI=1S/C15H17ClO4/c1-9-8-10-13(20-7-6-19-10)12(16)11(9)15(14(17)18)4-2-3-5-15/h8H,2-7H2,1H3,(H,17,18). The van der Waals surface area contributed by atoms with Gasteiger partial charge in [0.25, 0.3) is 0 Å². The predicted octanol–water partition coefficient (Wildman–Crippen LogP) is 3.32. The van der Waals surface area contributed by atoms with Crippen LogP contribution in [0.4, 0.5) is 0 Å². The number of aliphatic carboxylic acids is 1. The largest absolute Gasteiger partial charge is 0.486 e. The molecule has 0 aromatic heterocycles. The number of benzene rings is 1. The maximum absolute atomic E-state index is 11.9. The first-order valence-electron chi connectivity index (χ1n) is 6.89. The van der Waals surface area contributed by atoms with Gasteiger partial charge in [0.1, 0.15) is 13.2 Å². The van der Waals surface area contributed by atoms with Gasteiger partial charge in [-0.05, 0) is 37.0 Å². The molecule has 1 aromatic rings. The van der Waals surface area contributed by atoms with E-state index in [0.29, 0.717) is 48.1 Å². The summed E-state index contributed by atoms with van der Waals surface area (Å²) in [6.45, 7) is 2.82. The van der Waals surface area contributed by atoms with Crippen LogP contribution >= 0.6 is 11.6 Å². The van der Waals surface area contributed by atoms with Gasteiger partial charge < -0.3 is 14.6 Å². The van der Waals surface area contributed by atoms with Crippen LogP contribution in [0.2, 0.25) is 5.02 Å². The molecule has 3 rings (SSSR count). The smallest absolute Gasteiger partial charge is 0.314 e. The Balaban J connectivity index is 2.20. The quantitative estimate of drug-likeness (QED) is 0.909. The van der Waals surface area contributed by atoms with E-state index >= 15 is 0 Å². The second-order valence-electron chi connectivity index (χ2n) is 5.50. The average Bonchev–Trinajstić information content (AvgIpc) is 2.89. The number of halogens is 1. The molecule has 0 spiro atoms. The van der Waals surface area contributed by atoms with E-state index in [0.717, 1.165) is 18.4 Å². The molecule has 20 heavy (non-hydrogen) atoms. The van der Waals surface area contributed by atoms with E-state index in [1.807, 2.05) is 13.0 Å². The van der Waals surface area contributed by atoms with Crippen molar-refractivity contribution in [2.45, 2.75) is 38.0 Å². The minimum absolute atomic E-state index is 0.406. The van der Waals surface area contributed by atoms with Crippen molar-refractivity contribution in [3.8, 4) is 11.5 Å². The van der Waals surface area contributed by atoms with Gasteiger partial charge in [0.2, 0.25) is 0 Å². The fourth-order valence-corrected chi connectivity index (χ4v) is 3.88. The van der Waals surface area contributed by atoms with E-state index in [2.05, 4.69) is 0 Å². The molecule has 1 aromatic carbocycles. The van der Waals surface area contributed by atoms with E-state index in [4.69, 9.17) is 21.1 Å². The normalized spacial score (nSPS) is 19.9. The van der Waals surface area contributed by atoms with Gasteiger partial charge >= 0.3 is 5.97 Å². The molecule has 1 aliphatic carbocycles. The van der Waals surface area contributed by atoms with Crippen molar-refractivity contribution in [3.63, 3.8) is 0 Å². The molecule has 0 radical (unpaired) electrons. The molecule has 4 nitrogen and oxygen atoms in total. The number of hydrogen-bond acceptors (Lipinski definition) is 3. The van der Waals surface area contributed by atoms with Crippen molar-refractivity contribution in [2.75, 3.05) is 13.2 Å². The Bertz CT molecular complexity index is 561. The summed E-state index contributed by atoms with van der Waals surface area (Å²) in [4.78, 5) is 11.9. The fourth-order valence-electron chi connectivity index (χ4n) is 3.40. The van der Waals surface area contributed by atoms with E-state index < -0.39 is 11.4 Å². The molecular formula is C15H17ClO4. The number of aryl methyl sites for hydroxylation is 1. The molecule has 1 aliphatic heterocycles. The molecule has 5 heteroatoms. The number of hydrogen-bond donors (Lipinski definition) is 1. The lowest BCUT2D eigenvalue weighted by Crippen LogP contribution is -2.34. The van der Waals surface area contributed by atoms with Gasteiger partial charge in [-0.3, -0.25) is 4.79 Å². The third-order valence-corrected chi connectivity index (χ3v) is 4.68. The van der Waals surface area contributed by atoms with Crippen molar-refractivity contribution in [2.24, 2.45) is 0 Å². The number of carbonyl (C=O) groups is 1. The highest BCUT2D eigenvalue weighted by atomic mass is 35.5. The Morgan fingerprint density at radius 1 is 1.30 bits per heavy atom. The van der Waals surface area contributed by atoms with E-state index in [-0.39, 0.29) is 0 Å². The number of ether oxygens (including phenoxy) is 2. The van der Waals surface area contributed by atoms with Crippen LogP contribution in [0.5, 0.6) is 11.5 Å². The van der Waals surface area contributed by atoms with E-state index in [9.17, 15) is 9.90 Å². The Kier molecular flexibility index (Phi) is 3.28. The van der Waals surface area contributed by atoms with E-state index in [1.54, 1.807) is 0 Å². The van der Waals surface area contributed by atoms with Crippen LogP contribution < -0.4 is 9.47 Å². The zero-order chi connectivity index (χ0) is 14.3. The van der Waals surface area contributed by atoms with Crippen molar-refractivity contribution in [1.82, 2.24) is 0 Å². The summed E-state index contributed by atoms with van der Waals surface area (Å²) in [5, 5.41) is 10.1. The van der Waals surface area contributed by atoms with Crippen molar-refractivity contribution in [3.05, 3.63) is 22.2 Å². The Hall–Kier alpha value is -1.42. The average molecular weight is 297 g/mol. The van der Waals surface area contributed by atoms with Crippen LogP contribution in [-0.2, 0) is 10.2 Å². The molecule has 0 unspecified atom stereocenters. The number of fused-ring (bicyclic) bond motifs is 1. The maximum Gasteiger partial charge on any atom is 0.314 e. The van der Waals surface area contributed by atoms with Gasteiger partial charge in [0.15, 0.2) is 11.5 Å². The van der Waals surface area contributed by atoms with Crippen LogP contribution in [0, 0.1) is 6.92 Å². The lowest BCUT2D eigenvalue weighted by atomic mass is 9.76. The van der Waals surface area contributed by atoms with Crippen molar-refractivity contribution in [1.29, 1.82) is 0 Å². The summed E-state index contributed by atoms with van der Waals surface area (Å²) in [5.41, 5.74) is 0.689. The molecule has 1 saturated carbocycles. The number of carboxylic acids is 1. The summed E-state index contributed by atoms with van der Waals surface area (Å²) >= 11 is 6.48. The fraction of sp³-hybridized carbons (Fsp3) is 0.533. The Labute approximate surface area is 122 Å². The second kappa shape index (κ2) is 4.85. The first kappa shape index (κ1) is 13.6. The van der Waals surface area contributed by atoms with Crippen LogP contribution in [-0.4, -0.2) is 24.3 Å². The molecule has 1 heterocycles. The van der Waals surface area contributed by atoms with Crippen LogP contribution in [0.15, 0.2) is 6.07 Å². The van der Waals surface area contributed by atoms with Gasteiger partial charge in [-0.1, -0.05) is 24.4 Å². The highest BCUT2D eigenvalue weighted by molar-refractivity contribution is 6.33. The van der Waals surface area contributed by atoms with Gasteiger partial charge in [0.05, 0.1) is 10.4 Å². The topological polar surface area (TPSA) is 55.8 Å². The van der Waals surface area contributed by atoms with Gasteiger partial charge in [-0.15, -0.1) is 0 Å². The molecule has 2 aliphatic rings. The molecule has 1 fully saturated rings. The third kappa shape index (κ3) is 1.85. The molecule has 0 amide bonds. The minimum Gasteiger partial charge on any atom is -0.486 e. The monoisotopic (exact) mass is 296 g/mol. The lowest BCUT2D eigenvalue weighted by Gasteiger charge is -2.30. The first-order valence-corrected chi connectivity index (χ1v) is 7.26. The summed E-state index contributed by atoms with van der Waals surface area (Å²) in [6.07, 6.45) is 3.08. The Morgan fingerprint density at radius 2 is 1.95 bits per heavy atom. The highest BCUT2D eigenvalue weighted by Gasteiger charge is 2.46. The predicted molar refractivity (Wildman–Crippen MR) is 75.0 cm³/mol. The summed E-state index contributed by atoms with van der Waals surface area (Å²) in [5.74, 6) is 0.309. The van der Waals surface area contributed by atoms with E-state index in [1.165, 1.54) is 0 Å². The molecule has 1 N–H and O–H groups in total. The summed E-state index contributed by atoms with van der Waals surface area (Å²) < 4.78 is 11.1. The SMILES string of the molecule is Cc1cc2c(c(Cl)c1C1(C(=O)O)CCCC1)OCCO2. The van der Waals surface area contributed by atoms with Gasteiger partial charge in [-0.2, -0.15) is 0 Å². The molecule has 0 atom stereocenters. The van der Waals surface area contributed by atoms with Crippen LogP contribution in [0.1, 0.15) is 36.8 Å². The summed E-state index contributed by atoms with van der Waals surface area (Å²) in [7, 11) is 0. The van der Waals surface area contributed by atoms with Gasteiger partial charge in [0, 0.05) is 0 Å². The molecule has 0 saturated heterocycles. The minimum atomic E-state index is -0.878. The number of carboxylic acid groups (broad SMARTS) is 1. The first-order chi connectivity index (χ1) is 9.56. The van der Waals surface area contributed by atoms with Crippen LogP contribution in [0.25, 0.3) is 0 Å². The second-order valence-corrected chi connectivity index (χ2v) is 5.88. The van der Waals surface area contributed by atoms with Crippen molar-refractivity contribution >= 4 is 17.6 Å². The zero-order valence-electron chi connectivity index (χ0n) is 11.4. The molecular weight excluding hydrogens is 280 g/mol. The molecule has 0 bridgehead atoms. The Morgan fingerprint density at radius 3 is 2.60 bits per heavy atom.